The van der Waals surface area contributed by atoms with E-state index in [4.69, 9.17) is 0 Å². The Morgan fingerprint density at radius 3 is 2.74 bits per heavy atom. The second-order valence-corrected chi connectivity index (χ2v) is 3.82. The quantitative estimate of drug-likeness (QED) is 0.518. The maximum atomic E-state index is 10.8. The molecule has 0 spiro atoms. The van der Waals surface area contributed by atoms with Crippen molar-refractivity contribution in [2.45, 2.75) is 6.92 Å². The van der Waals surface area contributed by atoms with E-state index in [2.05, 4.69) is 15.5 Å². The molecule has 0 saturated carbocycles. The highest BCUT2D eigenvalue weighted by atomic mass is 16.6. The molecule has 1 aromatic heterocycles. The average molecular weight is 256 g/mol. The van der Waals surface area contributed by atoms with Crippen LogP contribution in [0.4, 0.5) is 11.4 Å². The van der Waals surface area contributed by atoms with Crippen LogP contribution in [0.3, 0.4) is 0 Å². The normalized spacial score (nSPS) is 11.1. The van der Waals surface area contributed by atoms with Crippen LogP contribution >= 0.6 is 0 Å². The Morgan fingerprint density at radius 2 is 2.05 bits per heavy atom. The molecule has 0 amide bonds. The average Bonchev–Trinajstić information content (AvgIpc) is 2.46. The van der Waals surface area contributed by atoms with Crippen LogP contribution in [-0.4, -0.2) is 15.6 Å². The van der Waals surface area contributed by atoms with Crippen molar-refractivity contribution in [2.24, 2.45) is 5.10 Å². The van der Waals surface area contributed by atoms with Gasteiger partial charge in [-0.1, -0.05) is 30.3 Å². The summed E-state index contributed by atoms with van der Waals surface area (Å²) in [6, 6.07) is 11.1. The third kappa shape index (κ3) is 3.12. The molecule has 0 fully saturated rings. The predicted molar refractivity (Wildman–Crippen MR) is 73.2 cm³/mol. The van der Waals surface area contributed by atoms with Crippen LogP contribution in [0.25, 0.3) is 0 Å². The molecule has 0 aliphatic carbocycles. The molecular formula is C13H12N4O2. The third-order valence-electron chi connectivity index (χ3n) is 2.53. The highest BCUT2D eigenvalue weighted by Crippen LogP contribution is 2.21. The van der Waals surface area contributed by atoms with E-state index >= 15 is 0 Å². The van der Waals surface area contributed by atoms with Crippen LogP contribution in [0.5, 0.6) is 0 Å². The lowest BCUT2D eigenvalue weighted by Crippen LogP contribution is -2.01. The summed E-state index contributed by atoms with van der Waals surface area (Å²) in [5.74, 6) is 0. The first kappa shape index (κ1) is 12.7. The Kier molecular flexibility index (Phi) is 3.82. The summed E-state index contributed by atoms with van der Waals surface area (Å²) in [6.07, 6.45) is 2.67. The molecule has 1 N–H and O–H groups in total. The van der Waals surface area contributed by atoms with Crippen molar-refractivity contribution in [3.8, 4) is 0 Å². The minimum Gasteiger partial charge on any atom is -0.271 e. The summed E-state index contributed by atoms with van der Waals surface area (Å²) in [7, 11) is 0. The summed E-state index contributed by atoms with van der Waals surface area (Å²) in [4.78, 5) is 14.0. The molecule has 0 aliphatic heterocycles. The number of nitrogens with one attached hydrogen (secondary N) is 1. The highest BCUT2D eigenvalue weighted by Gasteiger charge is 2.12. The lowest BCUT2D eigenvalue weighted by molar-refractivity contribution is -0.384. The Labute approximate surface area is 110 Å². The summed E-state index contributed by atoms with van der Waals surface area (Å²) in [5.41, 5.74) is 4.60. The number of nitrogens with zero attached hydrogens (tertiary/aromatic N) is 3. The summed E-state index contributed by atoms with van der Waals surface area (Å²) in [6.45, 7) is 1.83. The molecule has 0 saturated heterocycles. The standard InChI is InChI=1S/C13H12N4O2/c1-10(11-5-3-2-4-6-11)15-16-12-7-8-14-9-13(12)17(18)19/h2-9H,1H3,(H,14,16)/b15-10+. The van der Waals surface area contributed by atoms with Gasteiger partial charge >= 0.3 is 5.69 Å². The van der Waals surface area contributed by atoms with Crippen LogP contribution in [0.2, 0.25) is 0 Å². The number of rotatable bonds is 4. The number of hydrogen-bond acceptors (Lipinski definition) is 5. The molecular weight excluding hydrogens is 244 g/mol. The number of anilines is 1. The van der Waals surface area contributed by atoms with Gasteiger partial charge in [-0.05, 0) is 18.6 Å². The van der Waals surface area contributed by atoms with Gasteiger partial charge in [0, 0.05) is 6.20 Å². The van der Waals surface area contributed by atoms with Gasteiger partial charge in [0.2, 0.25) is 0 Å². The van der Waals surface area contributed by atoms with Crippen LogP contribution < -0.4 is 5.43 Å². The first-order valence-electron chi connectivity index (χ1n) is 5.62. The molecule has 0 aliphatic rings. The van der Waals surface area contributed by atoms with E-state index in [1.54, 1.807) is 0 Å². The van der Waals surface area contributed by atoms with Crippen LogP contribution in [0, 0.1) is 10.1 Å². The van der Waals surface area contributed by atoms with E-state index < -0.39 is 4.92 Å². The van der Waals surface area contributed by atoms with Crippen molar-refractivity contribution in [1.29, 1.82) is 0 Å². The monoisotopic (exact) mass is 256 g/mol. The molecule has 6 nitrogen and oxygen atoms in total. The summed E-state index contributed by atoms with van der Waals surface area (Å²) in [5, 5.41) is 15.0. The fourth-order valence-corrected chi connectivity index (χ4v) is 1.51. The van der Waals surface area contributed by atoms with Crippen LogP contribution in [0.15, 0.2) is 53.9 Å². The fraction of sp³-hybridized carbons (Fsp3) is 0.0769. The minimum atomic E-state index is -0.497. The Morgan fingerprint density at radius 1 is 1.32 bits per heavy atom. The van der Waals surface area contributed by atoms with Gasteiger partial charge in [-0.15, -0.1) is 0 Å². The number of pyridine rings is 1. The van der Waals surface area contributed by atoms with Gasteiger partial charge in [0.15, 0.2) is 0 Å². The van der Waals surface area contributed by atoms with Crippen molar-refractivity contribution in [3.63, 3.8) is 0 Å². The first-order valence-corrected chi connectivity index (χ1v) is 5.62. The minimum absolute atomic E-state index is 0.105. The van der Waals surface area contributed by atoms with E-state index in [0.29, 0.717) is 5.69 Å². The molecule has 96 valence electrons. The molecule has 0 radical (unpaired) electrons. The van der Waals surface area contributed by atoms with Crippen molar-refractivity contribution < 1.29 is 4.92 Å². The van der Waals surface area contributed by atoms with Gasteiger partial charge in [-0.25, -0.2) is 0 Å². The first-order chi connectivity index (χ1) is 9.18. The number of benzene rings is 1. The molecule has 0 bridgehead atoms. The van der Waals surface area contributed by atoms with Crippen LogP contribution in [0.1, 0.15) is 12.5 Å². The van der Waals surface area contributed by atoms with Crippen molar-refractivity contribution in [1.82, 2.24) is 4.98 Å². The maximum absolute atomic E-state index is 10.8. The van der Waals surface area contributed by atoms with Crippen molar-refractivity contribution >= 4 is 17.1 Å². The molecule has 0 unspecified atom stereocenters. The molecule has 1 aromatic carbocycles. The highest BCUT2D eigenvalue weighted by molar-refractivity contribution is 5.99. The van der Waals surface area contributed by atoms with E-state index in [0.717, 1.165) is 11.3 Å². The second kappa shape index (κ2) is 5.72. The van der Waals surface area contributed by atoms with E-state index in [-0.39, 0.29) is 5.69 Å². The number of aromatic nitrogens is 1. The Balaban J connectivity index is 2.21. The maximum Gasteiger partial charge on any atom is 0.312 e. The zero-order chi connectivity index (χ0) is 13.7. The topological polar surface area (TPSA) is 80.4 Å². The third-order valence-corrected chi connectivity index (χ3v) is 2.53. The van der Waals surface area contributed by atoms with Crippen molar-refractivity contribution in [2.75, 3.05) is 5.43 Å². The largest absolute Gasteiger partial charge is 0.312 e. The zero-order valence-electron chi connectivity index (χ0n) is 10.3. The van der Waals surface area contributed by atoms with E-state index in [1.165, 1.54) is 18.5 Å². The molecule has 19 heavy (non-hydrogen) atoms. The van der Waals surface area contributed by atoms with Gasteiger partial charge in [0.1, 0.15) is 11.9 Å². The SMILES string of the molecule is C/C(=N\Nc1ccncc1[N+](=O)[O-])c1ccccc1. The van der Waals surface area contributed by atoms with Crippen molar-refractivity contribution in [3.05, 3.63) is 64.5 Å². The number of hydrazone groups is 1. The van der Waals surface area contributed by atoms with Gasteiger partial charge in [0.25, 0.3) is 0 Å². The van der Waals surface area contributed by atoms with Crippen LogP contribution in [-0.2, 0) is 0 Å². The molecule has 6 heteroatoms. The lowest BCUT2D eigenvalue weighted by Gasteiger charge is -2.03. The van der Waals surface area contributed by atoms with Gasteiger partial charge < -0.3 is 0 Å². The molecule has 1 heterocycles. The zero-order valence-corrected chi connectivity index (χ0v) is 10.3. The Hall–Kier alpha value is -2.76. The fourth-order valence-electron chi connectivity index (χ4n) is 1.51. The van der Waals surface area contributed by atoms with E-state index in [1.807, 2.05) is 37.3 Å². The lowest BCUT2D eigenvalue weighted by atomic mass is 10.1. The van der Waals surface area contributed by atoms with Gasteiger partial charge in [-0.3, -0.25) is 20.5 Å². The summed E-state index contributed by atoms with van der Waals surface area (Å²) >= 11 is 0. The predicted octanol–water partition coefficient (Wildman–Crippen LogP) is 2.83. The van der Waals surface area contributed by atoms with Gasteiger partial charge in [0.05, 0.1) is 10.6 Å². The number of hydrogen-bond donors (Lipinski definition) is 1. The summed E-state index contributed by atoms with van der Waals surface area (Å²) < 4.78 is 0. The molecule has 0 atom stereocenters. The molecule has 2 aromatic rings. The number of nitro groups is 1. The van der Waals surface area contributed by atoms with E-state index in [9.17, 15) is 10.1 Å². The molecule has 2 rings (SSSR count). The smallest absolute Gasteiger partial charge is 0.271 e. The Bertz CT molecular complexity index is 611. The van der Waals surface area contributed by atoms with Gasteiger partial charge in [-0.2, -0.15) is 5.10 Å². The second-order valence-electron chi connectivity index (χ2n) is 3.82.